The monoisotopic (exact) mass is 543 g/mol. The van der Waals surface area contributed by atoms with E-state index in [2.05, 4.69) is 15.4 Å². The van der Waals surface area contributed by atoms with E-state index in [1.54, 1.807) is 12.1 Å². The maximum absolute atomic E-state index is 13.2. The Morgan fingerprint density at radius 3 is 2.35 bits per heavy atom. The topological polar surface area (TPSA) is 140 Å². The maximum atomic E-state index is 13.2. The van der Waals surface area contributed by atoms with Gasteiger partial charge in [0.05, 0.1) is 25.5 Å². The first kappa shape index (κ1) is 27.6. The number of para-hydroxylation sites is 1. The van der Waals surface area contributed by atoms with E-state index in [0.29, 0.717) is 11.3 Å². The number of esters is 1. The average Bonchev–Trinajstić information content (AvgIpc) is 2.95. The van der Waals surface area contributed by atoms with E-state index in [1.807, 2.05) is 25.1 Å². The van der Waals surface area contributed by atoms with Crippen LogP contribution in [0.3, 0.4) is 0 Å². The van der Waals surface area contributed by atoms with Crippen LogP contribution in [0, 0.1) is 6.92 Å². The van der Waals surface area contributed by atoms with Gasteiger partial charge in [0.1, 0.15) is 5.57 Å². The molecule has 2 N–H and O–H groups in total. The van der Waals surface area contributed by atoms with Crippen LogP contribution < -0.4 is 25.0 Å². The largest absolute Gasteiger partial charge is 0.493 e. The van der Waals surface area contributed by atoms with Crippen LogP contribution in [0.25, 0.3) is 6.08 Å². The molecule has 1 aliphatic heterocycles. The zero-order valence-electron chi connectivity index (χ0n) is 21.8. The fraction of sp³-hybridized carbons (Fsp3) is 0.138. The molecule has 1 aliphatic rings. The lowest BCUT2D eigenvalue weighted by atomic mass is 10.1. The summed E-state index contributed by atoms with van der Waals surface area (Å²) in [7, 11) is 2.64. The Labute approximate surface area is 229 Å². The summed E-state index contributed by atoms with van der Waals surface area (Å²) in [5.41, 5.74) is 2.06. The molecule has 0 unspecified atom stereocenters. The summed E-state index contributed by atoms with van der Waals surface area (Å²) >= 11 is 0. The molecule has 3 aromatic rings. The van der Waals surface area contributed by atoms with Crippen molar-refractivity contribution >= 4 is 47.2 Å². The molecule has 11 nitrogen and oxygen atoms in total. The number of aryl methyl sites for hydroxylation is 1. The Bertz CT molecular complexity index is 1530. The van der Waals surface area contributed by atoms with Crippen molar-refractivity contribution in [3.63, 3.8) is 0 Å². The highest BCUT2D eigenvalue weighted by molar-refractivity contribution is 6.39. The third-order valence-corrected chi connectivity index (χ3v) is 5.92. The first-order valence-corrected chi connectivity index (χ1v) is 12.0. The van der Waals surface area contributed by atoms with Gasteiger partial charge in [-0.25, -0.2) is 14.5 Å². The molecular formula is C29H25N3O8. The lowest BCUT2D eigenvalue weighted by molar-refractivity contribution is -0.122. The number of hydrogen-bond donors (Lipinski definition) is 2. The summed E-state index contributed by atoms with van der Waals surface area (Å²) in [4.78, 5) is 63.0. The van der Waals surface area contributed by atoms with Crippen LogP contribution in [0.5, 0.6) is 11.5 Å². The van der Waals surface area contributed by atoms with Crippen LogP contribution in [0.4, 0.5) is 16.2 Å². The van der Waals surface area contributed by atoms with Crippen LogP contribution in [-0.4, -0.2) is 50.5 Å². The van der Waals surface area contributed by atoms with Crippen molar-refractivity contribution < 1.29 is 38.2 Å². The number of ether oxygens (including phenoxy) is 3. The van der Waals surface area contributed by atoms with Crippen LogP contribution >= 0.6 is 0 Å². The summed E-state index contributed by atoms with van der Waals surface area (Å²) in [6.45, 7) is 1.60. The first-order chi connectivity index (χ1) is 19.2. The number of imide groups is 2. The number of hydrogen-bond acceptors (Lipinski definition) is 8. The predicted molar refractivity (Wildman–Crippen MR) is 145 cm³/mol. The number of barbiturate groups is 1. The fourth-order valence-corrected chi connectivity index (χ4v) is 3.86. The number of nitrogens with one attached hydrogen (secondary N) is 2. The molecule has 5 amide bonds. The van der Waals surface area contributed by atoms with Crippen molar-refractivity contribution in [1.29, 1.82) is 0 Å². The van der Waals surface area contributed by atoms with E-state index in [1.165, 1.54) is 56.7 Å². The number of carbonyl (C=O) groups excluding carboxylic acids is 5. The first-order valence-electron chi connectivity index (χ1n) is 12.0. The number of nitrogens with zero attached hydrogens (tertiary/aromatic N) is 1. The normalized spacial score (nSPS) is 14.0. The predicted octanol–water partition coefficient (Wildman–Crippen LogP) is 3.47. The molecule has 0 spiro atoms. The van der Waals surface area contributed by atoms with Gasteiger partial charge in [0.25, 0.3) is 17.7 Å². The Kier molecular flexibility index (Phi) is 8.24. The Morgan fingerprint density at radius 1 is 0.950 bits per heavy atom. The quantitative estimate of drug-likeness (QED) is 0.250. The molecule has 11 heteroatoms. The van der Waals surface area contributed by atoms with Crippen molar-refractivity contribution in [2.24, 2.45) is 0 Å². The number of benzene rings is 3. The Hall–Kier alpha value is -5.45. The summed E-state index contributed by atoms with van der Waals surface area (Å²) in [5.74, 6) is -2.14. The van der Waals surface area contributed by atoms with Crippen LogP contribution in [0.1, 0.15) is 21.5 Å². The van der Waals surface area contributed by atoms with Crippen LogP contribution in [0.15, 0.2) is 72.3 Å². The van der Waals surface area contributed by atoms with Gasteiger partial charge >= 0.3 is 12.0 Å². The van der Waals surface area contributed by atoms with Gasteiger partial charge in [-0.3, -0.25) is 19.7 Å². The molecule has 0 aliphatic carbocycles. The molecule has 40 heavy (non-hydrogen) atoms. The van der Waals surface area contributed by atoms with Crippen molar-refractivity contribution in [2.75, 3.05) is 31.0 Å². The van der Waals surface area contributed by atoms with Gasteiger partial charge in [-0.1, -0.05) is 24.3 Å². The number of rotatable bonds is 8. The van der Waals surface area contributed by atoms with Gasteiger partial charge in [0.2, 0.25) is 0 Å². The lowest BCUT2D eigenvalue weighted by Crippen LogP contribution is -2.54. The molecule has 4 rings (SSSR count). The Morgan fingerprint density at radius 2 is 1.68 bits per heavy atom. The van der Waals surface area contributed by atoms with E-state index in [0.717, 1.165) is 10.5 Å². The molecule has 3 aromatic carbocycles. The summed E-state index contributed by atoms with van der Waals surface area (Å²) < 4.78 is 15.6. The minimum atomic E-state index is -0.928. The van der Waals surface area contributed by atoms with Gasteiger partial charge in [0.15, 0.2) is 18.1 Å². The smallest absolute Gasteiger partial charge is 0.337 e. The number of carbonyl (C=O) groups is 5. The van der Waals surface area contributed by atoms with E-state index < -0.39 is 23.8 Å². The zero-order valence-corrected chi connectivity index (χ0v) is 21.8. The van der Waals surface area contributed by atoms with E-state index in [-0.39, 0.29) is 40.8 Å². The summed E-state index contributed by atoms with van der Waals surface area (Å²) in [6, 6.07) is 16.6. The van der Waals surface area contributed by atoms with Crippen molar-refractivity contribution in [1.82, 2.24) is 5.32 Å². The highest BCUT2D eigenvalue weighted by Gasteiger charge is 2.37. The highest BCUT2D eigenvalue weighted by atomic mass is 16.5. The van der Waals surface area contributed by atoms with Crippen LogP contribution in [-0.2, 0) is 19.1 Å². The van der Waals surface area contributed by atoms with E-state index in [4.69, 9.17) is 9.47 Å². The van der Waals surface area contributed by atoms with Gasteiger partial charge in [-0.05, 0) is 66.6 Å². The number of methoxy groups -OCH3 is 2. The zero-order chi connectivity index (χ0) is 28.8. The molecule has 1 heterocycles. The van der Waals surface area contributed by atoms with Gasteiger partial charge in [-0.2, -0.15) is 0 Å². The molecule has 0 saturated carbocycles. The Balaban J connectivity index is 1.51. The van der Waals surface area contributed by atoms with Crippen molar-refractivity contribution in [3.8, 4) is 11.5 Å². The number of urea groups is 1. The summed E-state index contributed by atoms with van der Waals surface area (Å²) in [5, 5.41) is 4.92. The lowest BCUT2D eigenvalue weighted by Gasteiger charge is -2.26. The van der Waals surface area contributed by atoms with E-state index in [9.17, 15) is 24.0 Å². The van der Waals surface area contributed by atoms with Crippen molar-refractivity contribution in [2.45, 2.75) is 6.92 Å². The maximum Gasteiger partial charge on any atom is 0.337 e. The van der Waals surface area contributed by atoms with Gasteiger partial charge in [-0.15, -0.1) is 0 Å². The second kappa shape index (κ2) is 11.9. The molecule has 0 atom stereocenters. The third kappa shape index (κ3) is 5.99. The molecule has 0 radical (unpaired) electrons. The average molecular weight is 544 g/mol. The minimum Gasteiger partial charge on any atom is -0.493 e. The number of amides is 5. The van der Waals surface area contributed by atoms with E-state index >= 15 is 0 Å². The molecular weight excluding hydrogens is 518 g/mol. The third-order valence-electron chi connectivity index (χ3n) is 5.92. The second-order valence-corrected chi connectivity index (χ2v) is 8.56. The molecule has 204 valence electrons. The number of anilines is 2. The molecule has 0 bridgehead atoms. The van der Waals surface area contributed by atoms with Crippen LogP contribution in [0.2, 0.25) is 0 Å². The van der Waals surface area contributed by atoms with Gasteiger partial charge < -0.3 is 19.5 Å². The van der Waals surface area contributed by atoms with Crippen molar-refractivity contribution in [3.05, 3.63) is 89.0 Å². The minimum absolute atomic E-state index is 0.152. The fourth-order valence-electron chi connectivity index (χ4n) is 3.86. The molecule has 0 aromatic heterocycles. The molecule has 1 fully saturated rings. The molecule has 1 saturated heterocycles. The second-order valence-electron chi connectivity index (χ2n) is 8.56. The summed E-state index contributed by atoms with van der Waals surface area (Å²) in [6.07, 6.45) is 1.30. The standard InChI is InChI=1S/C29H25N3O8/c1-17-6-4-5-7-22(17)30-25(33)16-40-23-13-8-18(15-24(23)38-2)14-21-26(34)31-29(37)32(27(21)35)20-11-9-19(10-12-20)28(36)39-3/h4-15H,16H2,1-3H3,(H,30,33)(H,31,34,37)/b21-14-. The van der Waals surface area contributed by atoms with Gasteiger partial charge in [0, 0.05) is 5.69 Å². The highest BCUT2D eigenvalue weighted by Crippen LogP contribution is 2.30. The SMILES string of the molecule is COC(=O)c1ccc(N2C(=O)NC(=O)/C(=C/c3ccc(OCC(=O)Nc4ccccc4C)c(OC)c3)C2=O)cc1.